The molecule has 1 unspecified atom stereocenters. The fraction of sp³-hybridized carbons (Fsp3) is 0.286. The van der Waals surface area contributed by atoms with Gasteiger partial charge in [0, 0.05) is 22.1 Å². The SMILES string of the molecule is Cc1cc(Br)c(N)cc1S(=O)(=O)N(C)C(C)c1cccs1. The van der Waals surface area contributed by atoms with Gasteiger partial charge in [-0.3, -0.25) is 0 Å². The fourth-order valence-electron chi connectivity index (χ4n) is 2.02. The lowest BCUT2D eigenvalue weighted by atomic mass is 10.2. The first kappa shape index (κ1) is 16.5. The number of halogens is 1. The van der Waals surface area contributed by atoms with Crippen molar-refractivity contribution in [1.82, 2.24) is 4.31 Å². The Bertz CT molecular complexity index is 743. The maximum absolute atomic E-state index is 12.8. The lowest BCUT2D eigenvalue weighted by Crippen LogP contribution is -2.30. The van der Waals surface area contributed by atoms with Gasteiger partial charge in [0.1, 0.15) is 0 Å². The molecule has 2 rings (SSSR count). The van der Waals surface area contributed by atoms with Gasteiger partial charge >= 0.3 is 0 Å². The highest BCUT2D eigenvalue weighted by atomic mass is 79.9. The van der Waals surface area contributed by atoms with Crippen molar-refractivity contribution in [3.8, 4) is 0 Å². The molecule has 0 aliphatic heterocycles. The van der Waals surface area contributed by atoms with Gasteiger partial charge in [-0.2, -0.15) is 4.31 Å². The number of benzene rings is 1. The Morgan fingerprint density at radius 2 is 2.05 bits per heavy atom. The van der Waals surface area contributed by atoms with Gasteiger partial charge in [0.2, 0.25) is 10.0 Å². The summed E-state index contributed by atoms with van der Waals surface area (Å²) in [4.78, 5) is 1.25. The van der Waals surface area contributed by atoms with Crippen molar-refractivity contribution in [3.05, 3.63) is 44.6 Å². The van der Waals surface area contributed by atoms with Crippen LogP contribution in [-0.4, -0.2) is 19.8 Å². The van der Waals surface area contributed by atoms with E-state index in [1.54, 1.807) is 31.4 Å². The molecule has 1 aromatic heterocycles. The molecule has 0 aliphatic carbocycles. The summed E-state index contributed by atoms with van der Waals surface area (Å²) in [6.07, 6.45) is 0. The number of anilines is 1. The van der Waals surface area contributed by atoms with Crippen LogP contribution in [-0.2, 0) is 10.0 Å². The first-order chi connectivity index (χ1) is 9.75. The maximum atomic E-state index is 12.8. The molecule has 0 bridgehead atoms. The number of nitrogens with zero attached hydrogens (tertiary/aromatic N) is 1. The van der Waals surface area contributed by atoms with Gasteiger partial charge in [-0.05, 0) is 58.9 Å². The van der Waals surface area contributed by atoms with Crippen LogP contribution in [0.3, 0.4) is 0 Å². The Balaban J connectivity index is 2.45. The molecule has 0 saturated heterocycles. The molecule has 2 N–H and O–H groups in total. The molecule has 0 saturated carbocycles. The summed E-state index contributed by atoms with van der Waals surface area (Å²) in [5, 5.41) is 1.94. The van der Waals surface area contributed by atoms with E-state index in [-0.39, 0.29) is 10.9 Å². The van der Waals surface area contributed by atoms with E-state index in [1.165, 1.54) is 10.4 Å². The number of aryl methyl sites for hydroxylation is 1. The van der Waals surface area contributed by atoms with Gasteiger partial charge in [-0.1, -0.05) is 6.07 Å². The van der Waals surface area contributed by atoms with Gasteiger partial charge in [-0.25, -0.2) is 8.42 Å². The smallest absolute Gasteiger partial charge is 0.243 e. The van der Waals surface area contributed by atoms with E-state index in [1.807, 2.05) is 24.4 Å². The Hall–Kier alpha value is -0.890. The summed E-state index contributed by atoms with van der Waals surface area (Å²) < 4.78 is 27.7. The number of thiophene rings is 1. The van der Waals surface area contributed by atoms with Gasteiger partial charge < -0.3 is 5.73 Å². The molecule has 0 fully saturated rings. The van der Waals surface area contributed by atoms with Crippen molar-refractivity contribution in [2.45, 2.75) is 24.8 Å². The van der Waals surface area contributed by atoms with Crippen LogP contribution in [0.5, 0.6) is 0 Å². The highest BCUT2D eigenvalue weighted by molar-refractivity contribution is 9.10. The van der Waals surface area contributed by atoms with E-state index in [0.717, 1.165) is 4.88 Å². The van der Waals surface area contributed by atoms with E-state index in [0.29, 0.717) is 15.7 Å². The van der Waals surface area contributed by atoms with E-state index in [9.17, 15) is 8.42 Å². The number of nitrogens with two attached hydrogens (primary N) is 1. The molecule has 7 heteroatoms. The number of rotatable bonds is 4. The third-order valence-corrected chi connectivity index (χ3v) is 7.25. The van der Waals surface area contributed by atoms with Gasteiger partial charge in [0.15, 0.2) is 0 Å². The van der Waals surface area contributed by atoms with Crippen molar-refractivity contribution in [2.75, 3.05) is 12.8 Å². The lowest BCUT2D eigenvalue weighted by molar-refractivity contribution is 0.402. The molecule has 0 amide bonds. The van der Waals surface area contributed by atoms with Crippen molar-refractivity contribution in [1.29, 1.82) is 0 Å². The molecular formula is C14H17BrN2O2S2. The molecule has 114 valence electrons. The zero-order valence-corrected chi connectivity index (χ0v) is 15.2. The van der Waals surface area contributed by atoms with Crippen molar-refractivity contribution >= 4 is 43.0 Å². The molecule has 2 aromatic rings. The quantitative estimate of drug-likeness (QED) is 0.810. The summed E-state index contributed by atoms with van der Waals surface area (Å²) in [5.74, 6) is 0. The molecule has 21 heavy (non-hydrogen) atoms. The van der Waals surface area contributed by atoms with Gasteiger partial charge in [-0.15, -0.1) is 11.3 Å². The highest BCUT2D eigenvalue weighted by Gasteiger charge is 2.28. The Labute approximate surface area is 137 Å². The normalized spacial score (nSPS) is 13.6. The van der Waals surface area contributed by atoms with Crippen LogP contribution in [0.25, 0.3) is 0 Å². The standard InChI is InChI=1S/C14H17BrN2O2S2/c1-9-7-11(15)12(16)8-14(9)21(18,19)17(3)10(2)13-5-4-6-20-13/h4-8,10H,16H2,1-3H3. The predicted molar refractivity (Wildman–Crippen MR) is 91.0 cm³/mol. The molecular weight excluding hydrogens is 372 g/mol. The molecule has 4 nitrogen and oxygen atoms in total. The van der Waals surface area contributed by atoms with Crippen LogP contribution >= 0.6 is 27.3 Å². The minimum Gasteiger partial charge on any atom is -0.398 e. The average Bonchev–Trinajstić information content (AvgIpc) is 2.95. The maximum Gasteiger partial charge on any atom is 0.243 e. The molecule has 0 radical (unpaired) electrons. The van der Waals surface area contributed by atoms with Crippen molar-refractivity contribution in [3.63, 3.8) is 0 Å². The predicted octanol–water partition coefficient (Wildman–Crippen LogP) is 3.78. The second-order valence-corrected chi connectivity index (χ2v) is 8.65. The Morgan fingerprint density at radius 1 is 1.38 bits per heavy atom. The first-order valence-corrected chi connectivity index (χ1v) is 9.43. The van der Waals surface area contributed by atoms with Crippen LogP contribution in [0.2, 0.25) is 0 Å². The molecule has 1 aromatic carbocycles. The highest BCUT2D eigenvalue weighted by Crippen LogP contribution is 2.32. The van der Waals surface area contributed by atoms with E-state index in [2.05, 4.69) is 15.9 Å². The van der Waals surface area contributed by atoms with E-state index in [4.69, 9.17) is 5.73 Å². The first-order valence-electron chi connectivity index (χ1n) is 6.32. The third kappa shape index (κ3) is 3.15. The lowest BCUT2D eigenvalue weighted by Gasteiger charge is -2.24. The second-order valence-electron chi connectivity index (χ2n) is 4.85. The van der Waals surface area contributed by atoms with E-state index < -0.39 is 10.0 Å². The topological polar surface area (TPSA) is 63.4 Å². The zero-order valence-electron chi connectivity index (χ0n) is 12.0. The van der Waals surface area contributed by atoms with Gasteiger partial charge in [0.25, 0.3) is 0 Å². The van der Waals surface area contributed by atoms with Crippen LogP contribution in [0.15, 0.2) is 39.0 Å². The molecule has 1 atom stereocenters. The summed E-state index contributed by atoms with van der Waals surface area (Å²) in [5.41, 5.74) is 6.91. The average molecular weight is 389 g/mol. The summed E-state index contributed by atoms with van der Waals surface area (Å²) in [7, 11) is -2.00. The number of nitrogen functional groups attached to an aromatic ring is 1. The zero-order chi connectivity index (χ0) is 15.8. The summed E-state index contributed by atoms with van der Waals surface area (Å²) in [6.45, 7) is 3.64. The minimum atomic E-state index is -3.60. The fourth-order valence-corrected chi connectivity index (χ4v) is 4.95. The monoisotopic (exact) mass is 388 g/mol. The van der Waals surface area contributed by atoms with Crippen molar-refractivity contribution < 1.29 is 8.42 Å². The van der Waals surface area contributed by atoms with Crippen LogP contribution in [0, 0.1) is 6.92 Å². The van der Waals surface area contributed by atoms with E-state index >= 15 is 0 Å². The number of sulfonamides is 1. The van der Waals surface area contributed by atoms with Gasteiger partial charge in [0.05, 0.1) is 10.9 Å². The second kappa shape index (κ2) is 6.08. The van der Waals surface area contributed by atoms with Crippen LogP contribution in [0.4, 0.5) is 5.69 Å². The third-order valence-electron chi connectivity index (χ3n) is 3.45. The largest absolute Gasteiger partial charge is 0.398 e. The van der Waals surface area contributed by atoms with Crippen LogP contribution < -0.4 is 5.73 Å². The number of hydrogen-bond acceptors (Lipinski definition) is 4. The van der Waals surface area contributed by atoms with Crippen molar-refractivity contribution in [2.24, 2.45) is 0 Å². The molecule has 0 aliphatic rings. The number of hydrogen-bond donors (Lipinski definition) is 1. The summed E-state index contributed by atoms with van der Waals surface area (Å²) in [6, 6.07) is 6.86. The summed E-state index contributed by atoms with van der Waals surface area (Å²) >= 11 is 4.85. The minimum absolute atomic E-state index is 0.223. The Kier molecular flexibility index (Phi) is 4.77. The van der Waals surface area contributed by atoms with Crippen LogP contribution in [0.1, 0.15) is 23.4 Å². The Morgan fingerprint density at radius 3 is 2.62 bits per heavy atom. The molecule has 1 heterocycles. The molecule has 0 spiro atoms.